The third-order valence-corrected chi connectivity index (χ3v) is 4.38. The lowest BCUT2D eigenvalue weighted by Crippen LogP contribution is -2.26. The summed E-state index contributed by atoms with van der Waals surface area (Å²) in [6.45, 7) is 6.62. The van der Waals surface area contributed by atoms with Gasteiger partial charge < -0.3 is 10.3 Å². The molecule has 1 saturated carbocycles. The lowest BCUT2D eigenvalue weighted by molar-refractivity contribution is 0.377. The molecule has 0 radical (unpaired) electrons. The monoisotopic (exact) mass is 283 g/mol. The van der Waals surface area contributed by atoms with Gasteiger partial charge in [-0.05, 0) is 33.6 Å². The van der Waals surface area contributed by atoms with Gasteiger partial charge in [0.05, 0.1) is 0 Å². The van der Waals surface area contributed by atoms with Crippen molar-refractivity contribution in [3.8, 4) is 11.3 Å². The highest BCUT2D eigenvalue weighted by Gasteiger charge is 2.30. The van der Waals surface area contributed by atoms with Crippen molar-refractivity contribution in [2.45, 2.75) is 57.9 Å². The van der Waals surface area contributed by atoms with Crippen LogP contribution in [-0.2, 0) is 5.54 Å². The van der Waals surface area contributed by atoms with Gasteiger partial charge in [0.1, 0.15) is 17.3 Å². The van der Waals surface area contributed by atoms with Crippen molar-refractivity contribution >= 4 is 5.82 Å². The molecule has 3 heteroatoms. The lowest BCUT2D eigenvalue weighted by atomic mass is 10.0. The van der Waals surface area contributed by atoms with Crippen molar-refractivity contribution in [1.29, 1.82) is 0 Å². The van der Waals surface area contributed by atoms with E-state index in [9.17, 15) is 0 Å². The SMILES string of the molecule is CC(C)(C)n1c(C2CCCC2)nc(-c2ccccc2)c1N. The van der Waals surface area contributed by atoms with Crippen LogP contribution < -0.4 is 5.73 Å². The smallest absolute Gasteiger partial charge is 0.132 e. The van der Waals surface area contributed by atoms with Gasteiger partial charge >= 0.3 is 0 Å². The quantitative estimate of drug-likeness (QED) is 0.879. The zero-order valence-electron chi connectivity index (χ0n) is 13.3. The zero-order valence-corrected chi connectivity index (χ0v) is 13.3. The van der Waals surface area contributed by atoms with Crippen LogP contribution in [0.4, 0.5) is 5.82 Å². The van der Waals surface area contributed by atoms with Crippen LogP contribution in [0.5, 0.6) is 0 Å². The standard InChI is InChI=1S/C18H25N3/c1-18(2,3)21-16(19)15(13-9-5-4-6-10-13)20-17(21)14-11-7-8-12-14/h4-6,9-10,14H,7-8,11-12,19H2,1-3H3. The van der Waals surface area contributed by atoms with Crippen molar-refractivity contribution < 1.29 is 0 Å². The second-order valence-corrected chi connectivity index (χ2v) is 7.06. The molecule has 1 aromatic carbocycles. The third kappa shape index (κ3) is 2.57. The Morgan fingerprint density at radius 3 is 2.29 bits per heavy atom. The lowest BCUT2D eigenvalue weighted by Gasteiger charge is -2.27. The van der Waals surface area contributed by atoms with Crippen molar-refractivity contribution in [2.75, 3.05) is 5.73 Å². The maximum atomic E-state index is 6.49. The Kier molecular flexibility index (Phi) is 3.52. The summed E-state index contributed by atoms with van der Waals surface area (Å²) in [6, 6.07) is 10.3. The van der Waals surface area contributed by atoms with E-state index in [-0.39, 0.29) is 5.54 Å². The van der Waals surface area contributed by atoms with Gasteiger partial charge in [-0.25, -0.2) is 4.98 Å². The summed E-state index contributed by atoms with van der Waals surface area (Å²) in [4.78, 5) is 4.97. The number of nitrogens with two attached hydrogens (primary N) is 1. The maximum absolute atomic E-state index is 6.49. The van der Waals surface area contributed by atoms with Gasteiger partial charge in [0.2, 0.25) is 0 Å². The Balaban J connectivity index is 2.15. The van der Waals surface area contributed by atoms with E-state index in [0.717, 1.165) is 17.1 Å². The van der Waals surface area contributed by atoms with E-state index >= 15 is 0 Å². The molecule has 0 amide bonds. The van der Waals surface area contributed by atoms with Crippen molar-refractivity contribution in [1.82, 2.24) is 9.55 Å². The fraction of sp³-hybridized carbons (Fsp3) is 0.500. The number of benzene rings is 1. The fourth-order valence-electron chi connectivity index (χ4n) is 3.42. The van der Waals surface area contributed by atoms with Gasteiger partial charge in [-0.15, -0.1) is 0 Å². The van der Waals surface area contributed by atoms with E-state index in [1.807, 2.05) is 18.2 Å². The summed E-state index contributed by atoms with van der Waals surface area (Å²) < 4.78 is 2.26. The molecule has 1 fully saturated rings. The highest BCUT2D eigenvalue weighted by Crippen LogP contribution is 2.40. The van der Waals surface area contributed by atoms with E-state index in [2.05, 4.69) is 37.5 Å². The number of imidazole rings is 1. The molecule has 0 atom stereocenters. The maximum Gasteiger partial charge on any atom is 0.132 e. The molecule has 0 saturated heterocycles. The second-order valence-electron chi connectivity index (χ2n) is 7.06. The minimum absolute atomic E-state index is 0.0396. The Labute approximate surface area is 127 Å². The van der Waals surface area contributed by atoms with Crippen LogP contribution in [0, 0.1) is 0 Å². The summed E-state index contributed by atoms with van der Waals surface area (Å²) in [7, 11) is 0. The minimum Gasteiger partial charge on any atom is -0.383 e. The van der Waals surface area contributed by atoms with E-state index < -0.39 is 0 Å². The van der Waals surface area contributed by atoms with E-state index in [0.29, 0.717) is 5.92 Å². The first kappa shape index (κ1) is 14.2. The Morgan fingerprint density at radius 2 is 1.71 bits per heavy atom. The molecule has 21 heavy (non-hydrogen) atoms. The molecule has 112 valence electrons. The van der Waals surface area contributed by atoms with Crippen molar-refractivity contribution in [3.05, 3.63) is 36.2 Å². The number of hydrogen-bond acceptors (Lipinski definition) is 2. The normalized spacial score (nSPS) is 16.5. The van der Waals surface area contributed by atoms with E-state index in [4.69, 9.17) is 10.7 Å². The zero-order chi connectivity index (χ0) is 15.0. The summed E-state index contributed by atoms with van der Waals surface area (Å²) in [5, 5.41) is 0. The molecule has 1 aliphatic carbocycles. The van der Waals surface area contributed by atoms with Crippen LogP contribution in [0.2, 0.25) is 0 Å². The molecule has 0 bridgehead atoms. The average Bonchev–Trinajstić information content (AvgIpc) is 3.05. The van der Waals surface area contributed by atoms with E-state index in [1.165, 1.54) is 31.5 Å². The first-order valence-corrected chi connectivity index (χ1v) is 7.92. The second kappa shape index (κ2) is 5.21. The highest BCUT2D eigenvalue weighted by molar-refractivity contribution is 5.71. The molecular formula is C18H25N3. The van der Waals surface area contributed by atoms with Crippen molar-refractivity contribution in [3.63, 3.8) is 0 Å². The molecule has 1 aliphatic rings. The molecule has 0 spiro atoms. The summed E-state index contributed by atoms with van der Waals surface area (Å²) >= 11 is 0. The number of hydrogen-bond donors (Lipinski definition) is 1. The van der Waals surface area contributed by atoms with Crippen LogP contribution in [-0.4, -0.2) is 9.55 Å². The van der Waals surface area contributed by atoms with Crippen LogP contribution in [0.1, 0.15) is 58.2 Å². The number of nitrogen functional groups attached to an aromatic ring is 1. The Hall–Kier alpha value is -1.77. The van der Waals surface area contributed by atoms with Gasteiger partial charge in [-0.2, -0.15) is 0 Å². The van der Waals surface area contributed by atoms with Crippen LogP contribution >= 0.6 is 0 Å². The number of nitrogens with zero attached hydrogens (tertiary/aromatic N) is 2. The molecule has 2 N–H and O–H groups in total. The molecule has 3 nitrogen and oxygen atoms in total. The predicted octanol–water partition coefficient (Wildman–Crippen LogP) is 4.54. The molecule has 2 aromatic rings. The molecule has 0 unspecified atom stereocenters. The van der Waals surface area contributed by atoms with Crippen LogP contribution in [0.25, 0.3) is 11.3 Å². The van der Waals surface area contributed by atoms with Gasteiger partial charge in [0, 0.05) is 17.0 Å². The van der Waals surface area contributed by atoms with Gasteiger partial charge in [-0.3, -0.25) is 0 Å². The molecule has 1 aromatic heterocycles. The van der Waals surface area contributed by atoms with Gasteiger partial charge in [0.15, 0.2) is 0 Å². The third-order valence-electron chi connectivity index (χ3n) is 4.38. The number of rotatable bonds is 2. The number of anilines is 1. The van der Waals surface area contributed by atoms with Crippen LogP contribution in [0.15, 0.2) is 30.3 Å². The first-order valence-electron chi connectivity index (χ1n) is 7.92. The Bertz CT molecular complexity index is 614. The van der Waals surface area contributed by atoms with Gasteiger partial charge in [-0.1, -0.05) is 43.2 Å². The Morgan fingerprint density at radius 1 is 1.10 bits per heavy atom. The average molecular weight is 283 g/mol. The fourth-order valence-corrected chi connectivity index (χ4v) is 3.42. The molecule has 1 heterocycles. The predicted molar refractivity (Wildman–Crippen MR) is 88.3 cm³/mol. The van der Waals surface area contributed by atoms with E-state index in [1.54, 1.807) is 0 Å². The summed E-state index contributed by atoms with van der Waals surface area (Å²) in [5.74, 6) is 2.54. The first-order chi connectivity index (χ1) is 9.98. The minimum atomic E-state index is -0.0396. The summed E-state index contributed by atoms with van der Waals surface area (Å²) in [5.41, 5.74) is 8.50. The topological polar surface area (TPSA) is 43.8 Å². The summed E-state index contributed by atoms with van der Waals surface area (Å²) in [6.07, 6.45) is 5.09. The molecule has 0 aliphatic heterocycles. The molecule has 3 rings (SSSR count). The van der Waals surface area contributed by atoms with Crippen molar-refractivity contribution in [2.24, 2.45) is 0 Å². The van der Waals surface area contributed by atoms with Crippen LogP contribution in [0.3, 0.4) is 0 Å². The highest BCUT2D eigenvalue weighted by atomic mass is 15.2. The largest absolute Gasteiger partial charge is 0.383 e. The molecular weight excluding hydrogens is 258 g/mol. The number of aromatic nitrogens is 2. The van der Waals surface area contributed by atoms with Gasteiger partial charge in [0.25, 0.3) is 0 Å².